The Morgan fingerprint density at radius 2 is 2.16 bits per heavy atom. The second-order valence-corrected chi connectivity index (χ2v) is 7.35. The van der Waals surface area contributed by atoms with Gasteiger partial charge < -0.3 is 4.90 Å². The molecule has 0 N–H and O–H groups in total. The van der Waals surface area contributed by atoms with E-state index in [-0.39, 0.29) is 5.41 Å². The van der Waals surface area contributed by atoms with Crippen molar-refractivity contribution in [1.82, 2.24) is 4.98 Å². The zero-order chi connectivity index (χ0) is 14.0. The van der Waals surface area contributed by atoms with E-state index in [4.69, 9.17) is 0 Å². The minimum Gasteiger partial charge on any atom is -0.347 e. The molecular formula is C14H18N2OS2. The summed E-state index contributed by atoms with van der Waals surface area (Å²) in [4.78, 5) is 18.7. The molecule has 2 aromatic heterocycles. The van der Waals surface area contributed by atoms with Crippen molar-refractivity contribution in [2.24, 2.45) is 0 Å². The summed E-state index contributed by atoms with van der Waals surface area (Å²) in [5, 5.41) is 5.11. The molecule has 0 saturated heterocycles. The van der Waals surface area contributed by atoms with Crippen LogP contribution in [0.1, 0.15) is 41.7 Å². The molecule has 0 saturated carbocycles. The third kappa shape index (κ3) is 3.22. The largest absolute Gasteiger partial charge is 0.347 e. The normalized spacial score (nSPS) is 11.6. The third-order valence-electron chi connectivity index (χ3n) is 2.79. The fourth-order valence-electron chi connectivity index (χ4n) is 1.82. The maximum atomic E-state index is 11.2. The van der Waals surface area contributed by atoms with Gasteiger partial charge >= 0.3 is 0 Å². The van der Waals surface area contributed by atoms with Crippen molar-refractivity contribution in [3.8, 4) is 0 Å². The number of hydrogen-bond acceptors (Lipinski definition) is 5. The molecule has 19 heavy (non-hydrogen) atoms. The van der Waals surface area contributed by atoms with Crippen molar-refractivity contribution in [3.05, 3.63) is 33.0 Å². The summed E-state index contributed by atoms with van der Waals surface area (Å²) in [6, 6.07) is 2.11. The Balaban J connectivity index is 2.25. The van der Waals surface area contributed by atoms with Gasteiger partial charge in [-0.05, 0) is 22.4 Å². The smallest absolute Gasteiger partial charge is 0.186 e. The van der Waals surface area contributed by atoms with Crippen LogP contribution in [0.4, 0.5) is 5.13 Å². The molecule has 0 unspecified atom stereocenters. The van der Waals surface area contributed by atoms with Crippen LogP contribution in [0.15, 0.2) is 16.8 Å². The minimum atomic E-state index is -0.103. The Morgan fingerprint density at radius 1 is 1.42 bits per heavy atom. The lowest BCUT2D eigenvalue weighted by atomic mass is 9.91. The van der Waals surface area contributed by atoms with E-state index in [0.29, 0.717) is 0 Å². The Morgan fingerprint density at radius 3 is 2.63 bits per heavy atom. The monoisotopic (exact) mass is 294 g/mol. The standard InChI is InChI=1S/C14H18N2OS2/c1-14(2,3)12-11(8-17)19-13(15-12)16(4)7-10-5-6-18-9-10/h5-6,8-9H,7H2,1-4H3. The van der Waals surface area contributed by atoms with Gasteiger partial charge in [0, 0.05) is 19.0 Å². The highest BCUT2D eigenvalue weighted by Crippen LogP contribution is 2.32. The van der Waals surface area contributed by atoms with Gasteiger partial charge in [-0.25, -0.2) is 4.98 Å². The summed E-state index contributed by atoms with van der Waals surface area (Å²) in [5.41, 5.74) is 2.06. The van der Waals surface area contributed by atoms with Crippen LogP contribution in [0.3, 0.4) is 0 Å². The third-order valence-corrected chi connectivity index (χ3v) is 4.61. The molecule has 2 rings (SSSR count). The van der Waals surface area contributed by atoms with Gasteiger partial charge in [-0.15, -0.1) is 0 Å². The Bertz CT molecular complexity index is 553. The summed E-state index contributed by atoms with van der Waals surface area (Å²) < 4.78 is 0. The number of aromatic nitrogens is 1. The Kier molecular flexibility index (Phi) is 4.06. The van der Waals surface area contributed by atoms with Gasteiger partial charge in [-0.3, -0.25) is 4.79 Å². The molecule has 0 radical (unpaired) electrons. The first-order chi connectivity index (χ1) is 8.91. The summed E-state index contributed by atoms with van der Waals surface area (Å²) in [7, 11) is 2.01. The molecule has 2 aromatic rings. The molecule has 0 aromatic carbocycles. The summed E-state index contributed by atoms with van der Waals surface area (Å²) >= 11 is 3.16. The Hall–Kier alpha value is -1.20. The highest BCUT2D eigenvalue weighted by atomic mass is 32.1. The van der Waals surface area contributed by atoms with Crippen LogP contribution in [0, 0.1) is 0 Å². The van der Waals surface area contributed by atoms with E-state index in [1.165, 1.54) is 16.9 Å². The molecule has 2 heterocycles. The second kappa shape index (κ2) is 5.43. The van der Waals surface area contributed by atoms with Crippen LogP contribution >= 0.6 is 22.7 Å². The van der Waals surface area contributed by atoms with Gasteiger partial charge in [-0.1, -0.05) is 32.1 Å². The van der Waals surface area contributed by atoms with Crippen LogP contribution < -0.4 is 4.90 Å². The van der Waals surface area contributed by atoms with E-state index < -0.39 is 0 Å². The maximum absolute atomic E-state index is 11.2. The first kappa shape index (κ1) is 14.2. The molecule has 0 aliphatic carbocycles. The van der Waals surface area contributed by atoms with Crippen molar-refractivity contribution in [2.75, 3.05) is 11.9 Å². The number of thiazole rings is 1. The van der Waals surface area contributed by atoms with Crippen molar-refractivity contribution < 1.29 is 4.79 Å². The fourth-order valence-corrected chi connectivity index (χ4v) is 3.54. The van der Waals surface area contributed by atoms with E-state index in [2.05, 4.69) is 47.5 Å². The molecule has 0 fully saturated rings. The first-order valence-corrected chi connectivity index (χ1v) is 7.86. The zero-order valence-electron chi connectivity index (χ0n) is 11.6. The van der Waals surface area contributed by atoms with Crippen molar-refractivity contribution in [3.63, 3.8) is 0 Å². The fraction of sp³-hybridized carbons (Fsp3) is 0.429. The summed E-state index contributed by atoms with van der Waals surface area (Å²) in [5.74, 6) is 0. The van der Waals surface area contributed by atoms with E-state index in [1.807, 2.05) is 7.05 Å². The molecule has 5 heteroatoms. The van der Waals surface area contributed by atoms with E-state index in [0.717, 1.165) is 28.5 Å². The van der Waals surface area contributed by atoms with Gasteiger partial charge in [0.05, 0.1) is 10.6 Å². The molecule has 0 aliphatic heterocycles. The lowest BCUT2D eigenvalue weighted by Gasteiger charge is -2.17. The highest BCUT2D eigenvalue weighted by molar-refractivity contribution is 7.17. The number of rotatable bonds is 4. The number of carbonyl (C=O) groups is 1. The molecule has 0 bridgehead atoms. The molecule has 3 nitrogen and oxygen atoms in total. The maximum Gasteiger partial charge on any atom is 0.186 e. The van der Waals surface area contributed by atoms with Crippen molar-refractivity contribution in [1.29, 1.82) is 0 Å². The van der Waals surface area contributed by atoms with Gasteiger partial charge in [-0.2, -0.15) is 11.3 Å². The lowest BCUT2D eigenvalue weighted by Crippen LogP contribution is -2.17. The van der Waals surface area contributed by atoms with Gasteiger partial charge in [0.15, 0.2) is 11.4 Å². The van der Waals surface area contributed by atoms with Crippen LogP contribution in [0.25, 0.3) is 0 Å². The van der Waals surface area contributed by atoms with E-state index in [1.54, 1.807) is 11.3 Å². The van der Waals surface area contributed by atoms with Gasteiger partial charge in [0.2, 0.25) is 0 Å². The average Bonchev–Trinajstić information content (AvgIpc) is 2.95. The van der Waals surface area contributed by atoms with Crippen LogP contribution in [-0.4, -0.2) is 18.3 Å². The van der Waals surface area contributed by atoms with Crippen LogP contribution in [0.2, 0.25) is 0 Å². The van der Waals surface area contributed by atoms with Crippen LogP contribution in [0.5, 0.6) is 0 Å². The number of anilines is 1. The molecule has 0 atom stereocenters. The topological polar surface area (TPSA) is 33.2 Å². The predicted molar refractivity (Wildman–Crippen MR) is 82.6 cm³/mol. The van der Waals surface area contributed by atoms with Crippen molar-refractivity contribution in [2.45, 2.75) is 32.7 Å². The highest BCUT2D eigenvalue weighted by Gasteiger charge is 2.24. The van der Waals surface area contributed by atoms with Crippen LogP contribution in [-0.2, 0) is 12.0 Å². The lowest BCUT2D eigenvalue weighted by molar-refractivity contribution is 0.112. The SMILES string of the molecule is CN(Cc1ccsc1)c1nc(C(C)(C)C)c(C=O)s1. The molecule has 0 amide bonds. The molecular weight excluding hydrogens is 276 g/mol. The first-order valence-electron chi connectivity index (χ1n) is 6.10. The number of nitrogens with zero attached hydrogens (tertiary/aromatic N) is 2. The van der Waals surface area contributed by atoms with E-state index >= 15 is 0 Å². The number of carbonyl (C=O) groups excluding carboxylic acids is 1. The quantitative estimate of drug-likeness (QED) is 0.801. The second-order valence-electron chi connectivity index (χ2n) is 5.56. The Labute approximate surface area is 121 Å². The summed E-state index contributed by atoms with van der Waals surface area (Å²) in [6.45, 7) is 7.06. The van der Waals surface area contributed by atoms with Gasteiger partial charge in [0.1, 0.15) is 0 Å². The van der Waals surface area contributed by atoms with E-state index in [9.17, 15) is 4.79 Å². The van der Waals surface area contributed by atoms with Crippen molar-refractivity contribution >= 4 is 34.1 Å². The number of aldehydes is 1. The minimum absolute atomic E-state index is 0.103. The zero-order valence-corrected chi connectivity index (χ0v) is 13.3. The van der Waals surface area contributed by atoms with Gasteiger partial charge in [0.25, 0.3) is 0 Å². The molecule has 0 spiro atoms. The summed E-state index contributed by atoms with van der Waals surface area (Å²) in [6.07, 6.45) is 0.917. The predicted octanol–water partition coefficient (Wildman–Crippen LogP) is 3.95. The average molecular weight is 294 g/mol. The molecule has 102 valence electrons. The molecule has 0 aliphatic rings. The number of thiophene rings is 1. The number of hydrogen-bond donors (Lipinski definition) is 0.